The van der Waals surface area contributed by atoms with Crippen molar-refractivity contribution in [3.63, 3.8) is 0 Å². The van der Waals surface area contributed by atoms with Crippen LogP contribution in [0.4, 0.5) is 0 Å². The predicted molar refractivity (Wildman–Crippen MR) is 73.8 cm³/mol. The molecule has 0 aromatic heterocycles. The number of hydrogen-bond acceptors (Lipinski definition) is 3. The highest BCUT2D eigenvalue weighted by Crippen LogP contribution is 2.39. The molecule has 1 N–H and O–H groups in total. The molecule has 3 saturated heterocycles. The zero-order valence-corrected chi connectivity index (χ0v) is 12.1. The van der Waals surface area contributed by atoms with Gasteiger partial charge in [-0.05, 0) is 39.0 Å². The lowest BCUT2D eigenvalue weighted by atomic mass is 9.87. The van der Waals surface area contributed by atoms with Crippen LogP contribution in [-0.4, -0.2) is 47.8 Å². The van der Waals surface area contributed by atoms with Crippen molar-refractivity contribution in [3.05, 3.63) is 0 Å². The number of nitrogens with zero attached hydrogens (tertiary/aromatic N) is 1. The molecular formula is C15H28N2O. The van der Waals surface area contributed by atoms with Crippen LogP contribution in [-0.2, 0) is 4.74 Å². The lowest BCUT2D eigenvalue weighted by molar-refractivity contribution is 0.00956. The van der Waals surface area contributed by atoms with E-state index in [0.29, 0.717) is 29.8 Å². The van der Waals surface area contributed by atoms with Crippen LogP contribution in [0.25, 0.3) is 0 Å². The van der Waals surface area contributed by atoms with Crippen LogP contribution in [0.2, 0.25) is 0 Å². The lowest BCUT2D eigenvalue weighted by Crippen LogP contribution is -2.65. The zero-order chi connectivity index (χ0) is 12.8. The number of rotatable bonds is 3. The summed E-state index contributed by atoms with van der Waals surface area (Å²) in [6.45, 7) is 9.34. The van der Waals surface area contributed by atoms with E-state index >= 15 is 0 Å². The summed E-state index contributed by atoms with van der Waals surface area (Å²) in [7, 11) is 0. The van der Waals surface area contributed by atoms with Crippen molar-refractivity contribution < 1.29 is 4.74 Å². The molecule has 0 spiro atoms. The molecular weight excluding hydrogens is 224 g/mol. The second-order valence-corrected chi connectivity index (χ2v) is 6.71. The summed E-state index contributed by atoms with van der Waals surface area (Å²) >= 11 is 0. The topological polar surface area (TPSA) is 24.5 Å². The van der Waals surface area contributed by atoms with Crippen LogP contribution in [0, 0.1) is 0 Å². The number of nitrogens with one attached hydrogen (secondary N) is 1. The Balaban J connectivity index is 1.74. The molecule has 3 aliphatic rings. The lowest BCUT2D eigenvalue weighted by Gasteiger charge is -2.49. The monoisotopic (exact) mass is 252 g/mol. The van der Waals surface area contributed by atoms with Crippen molar-refractivity contribution in [2.24, 2.45) is 0 Å². The van der Waals surface area contributed by atoms with Crippen LogP contribution < -0.4 is 5.32 Å². The van der Waals surface area contributed by atoms with E-state index < -0.39 is 0 Å². The van der Waals surface area contributed by atoms with Crippen LogP contribution in [0.15, 0.2) is 0 Å². The first-order valence-corrected chi connectivity index (χ1v) is 7.81. The maximum Gasteiger partial charge on any atom is 0.0736 e. The van der Waals surface area contributed by atoms with Gasteiger partial charge in [-0.25, -0.2) is 0 Å². The summed E-state index contributed by atoms with van der Waals surface area (Å²) in [5, 5.41) is 3.76. The molecule has 0 aromatic carbocycles. The Hall–Kier alpha value is -0.120. The molecule has 3 aliphatic heterocycles. The summed E-state index contributed by atoms with van der Waals surface area (Å²) in [4.78, 5) is 2.78. The van der Waals surface area contributed by atoms with E-state index in [0.717, 1.165) is 6.54 Å². The molecule has 3 rings (SSSR count). The van der Waals surface area contributed by atoms with Gasteiger partial charge in [-0.15, -0.1) is 0 Å². The van der Waals surface area contributed by atoms with Gasteiger partial charge >= 0.3 is 0 Å². The Morgan fingerprint density at radius 1 is 1.33 bits per heavy atom. The fourth-order valence-electron chi connectivity index (χ4n) is 4.03. The second-order valence-electron chi connectivity index (χ2n) is 6.71. The van der Waals surface area contributed by atoms with Gasteiger partial charge in [0, 0.05) is 30.7 Å². The highest BCUT2D eigenvalue weighted by Gasteiger charge is 2.47. The molecule has 0 saturated carbocycles. The predicted octanol–water partition coefficient (Wildman–Crippen LogP) is 2.16. The molecule has 104 valence electrons. The molecule has 5 unspecified atom stereocenters. The minimum atomic E-state index is 0.299. The first-order valence-electron chi connectivity index (χ1n) is 7.81. The largest absolute Gasteiger partial charge is 0.373 e. The van der Waals surface area contributed by atoms with Gasteiger partial charge in [-0.3, -0.25) is 4.90 Å². The molecule has 3 fully saturated rings. The summed E-state index contributed by atoms with van der Waals surface area (Å²) in [5.41, 5.74) is 0.299. The summed E-state index contributed by atoms with van der Waals surface area (Å²) in [6.07, 6.45) is 7.43. The van der Waals surface area contributed by atoms with Gasteiger partial charge in [-0.2, -0.15) is 0 Å². The molecule has 0 amide bonds. The summed E-state index contributed by atoms with van der Waals surface area (Å²) in [6, 6.07) is 1.40. The smallest absolute Gasteiger partial charge is 0.0736 e. The molecule has 5 atom stereocenters. The molecule has 0 aromatic rings. The summed E-state index contributed by atoms with van der Waals surface area (Å²) in [5.74, 6) is 0. The average molecular weight is 252 g/mol. The number of piperazine rings is 1. The van der Waals surface area contributed by atoms with Crippen molar-refractivity contribution in [2.75, 3.05) is 13.1 Å². The third kappa shape index (κ3) is 2.10. The first-order chi connectivity index (χ1) is 8.65. The van der Waals surface area contributed by atoms with E-state index in [9.17, 15) is 0 Å². The maximum absolute atomic E-state index is 6.07. The van der Waals surface area contributed by atoms with E-state index in [2.05, 4.69) is 31.0 Å². The van der Waals surface area contributed by atoms with E-state index in [4.69, 9.17) is 4.74 Å². The van der Waals surface area contributed by atoms with Gasteiger partial charge in [0.05, 0.1) is 12.2 Å². The van der Waals surface area contributed by atoms with E-state index in [-0.39, 0.29) is 0 Å². The minimum absolute atomic E-state index is 0.299. The van der Waals surface area contributed by atoms with Gasteiger partial charge in [0.25, 0.3) is 0 Å². The SMILES string of the molecule is CCC1CNC(C)(CC)CN1C1CC2CCC1O2. The van der Waals surface area contributed by atoms with Crippen molar-refractivity contribution in [1.29, 1.82) is 0 Å². The Bertz CT molecular complexity index is 309. The Labute approximate surface area is 111 Å². The molecule has 3 heteroatoms. The van der Waals surface area contributed by atoms with E-state index in [1.54, 1.807) is 0 Å². The zero-order valence-electron chi connectivity index (χ0n) is 12.1. The fraction of sp³-hybridized carbons (Fsp3) is 1.00. The van der Waals surface area contributed by atoms with Crippen LogP contribution in [0.3, 0.4) is 0 Å². The van der Waals surface area contributed by atoms with Gasteiger partial charge in [0.2, 0.25) is 0 Å². The molecule has 0 aliphatic carbocycles. The Morgan fingerprint density at radius 3 is 2.72 bits per heavy atom. The van der Waals surface area contributed by atoms with Gasteiger partial charge in [-0.1, -0.05) is 13.8 Å². The van der Waals surface area contributed by atoms with Crippen molar-refractivity contribution in [2.45, 2.75) is 82.7 Å². The highest BCUT2D eigenvalue weighted by atomic mass is 16.5. The van der Waals surface area contributed by atoms with E-state index in [1.807, 2.05) is 0 Å². The fourth-order valence-corrected chi connectivity index (χ4v) is 4.03. The van der Waals surface area contributed by atoms with Gasteiger partial charge < -0.3 is 10.1 Å². The molecule has 3 heterocycles. The number of fused-ring (bicyclic) bond motifs is 2. The molecule has 18 heavy (non-hydrogen) atoms. The highest BCUT2D eigenvalue weighted by molar-refractivity contribution is 5.02. The standard InChI is InChI=1S/C15H28N2O/c1-4-11-9-16-15(3,5-2)10-17(11)13-8-12-6-7-14(13)18-12/h11-14,16H,4-10H2,1-3H3. The van der Waals surface area contributed by atoms with Crippen molar-refractivity contribution in [1.82, 2.24) is 10.2 Å². The third-order valence-corrected chi connectivity index (χ3v) is 5.52. The summed E-state index contributed by atoms with van der Waals surface area (Å²) < 4.78 is 6.07. The van der Waals surface area contributed by atoms with Gasteiger partial charge in [0.1, 0.15) is 0 Å². The minimum Gasteiger partial charge on any atom is -0.373 e. The van der Waals surface area contributed by atoms with Crippen molar-refractivity contribution in [3.8, 4) is 0 Å². The Morgan fingerprint density at radius 2 is 2.17 bits per heavy atom. The van der Waals surface area contributed by atoms with Crippen molar-refractivity contribution >= 4 is 0 Å². The molecule has 2 bridgehead atoms. The first kappa shape index (κ1) is 12.9. The molecule has 3 nitrogen and oxygen atoms in total. The number of ether oxygens (including phenoxy) is 1. The maximum atomic E-state index is 6.07. The Kier molecular flexibility index (Phi) is 3.41. The molecule has 0 radical (unpaired) electrons. The number of hydrogen-bond donors (Lipinski definition) is 1. The van der Waals surface area contributed by atoms with Gasteiger partial charge in [0.15, 0.2) is 0 Å². The third-order valence-electron chi connectivity index (χ3n) is 5.52. The van der Waals surface area contributed by atoms with E-state index in [1.165, 1.54) is 38.6 Å². The quantitative estimate of drug-likeness (QED) is 0.833. The second kappa shape index (κ2) is 4.77. The van der Waals surface area contributed by atoms with Crippen LogP contribution >= 0.6 is 0 Å². The van der Waals surface area contributed by atoms with Crippen LogP contribution in [0.1, 0.15) is 52.9 Å². The normalized spacial score (nSPS) is 48.8. The average Bonchev–Trinajstić information content (AvgIpc) is 3.01. The van der Waals surface area contributed by atoms with Crippen LogP contribution in [0.5, 0.6) is 0 Å².